The Hall–Kier alpha value is -4.86. The molecule has 0 saturated carbocycles. The van der Waals surface area contributed by atoms with Gasteiger partial charge in [-0.2, -0.15) is 0 Å². The van der Waals surface area contributed by atoms with Crippen molar-refractivity contribution in [2.24, 2.45) is 0 Å². The molecule has 6 aromatic rings. The van der Waals surface area contributed by atoms with Crippen LogP contribution in [0.15, 0.2) is 115 Å². The van der Waals surface area contributed by atoms with E-state index in [1.807, 2.05) is 0 Å². The first kappa shape index (κ1) is 27.5. The lowest BCUT2D eigenvalue weighted by Gasteiger charge is -2.39. The third-order valence-electron chi connectivity index (χ3n) is 10.5. The Bertz CT molecular complexity index is 2200. The zero-order chi connectivity index (χ0) is 31.0. The fourth-order valence-corrected chi connectivity index (χ4v) is 8.19. The first-order valence-electron chi connectivity index (χ1n) is 16.5. The molecule has 0 aromatic heterocycles. The van der Waals surface area contributed by atoms with E-state index in [2.05, 4.69) is 147 Å². The maximum Gasteiger partial charge on any atom is 0.178 e. The van der Waals surface area contributed by atoms with Crippen LogP contribution in [0.5, 0.6) is 5.75 Å². The summed E-state index contributed by atoms with van der Waals surface area (Å²) in [6.45, 7) is 10.3. The van der Waals surface area contributed by atoms with Gasteiger partial charge in [0, 0.05) is 46.3 Å². The minimum Gasteiger partial charge on any atom is -0.472 e. The number of rotatable bonds is 3. The van der Waals surface area contributed by atoms with Gasteiger partial charge in [0.25, 0.3) is 0 Å². The molecule has 3 nitrogen and oxygen atoms in total. The van der Waals surface area contributed by atoms with Gasteiger partial charge in [-0.3, -0.25) is 0 Å². The van der Waals surface area contributed by atoms with E-state index in [0.29, 0.717) is 0 Å². The second kappa shape index (κ2) is 10.1. The van der Waals surface area contributed by atoms with Crippen molar-refractivity contribution < 1.29 is 9.47 Å². The van der Waals surface area contributed by atoms with E-state index in [1.54, 1.807) is 0 Å². The van der Waals surface area contributed by atoms with Gasteiger partial charge in [0.15, 0.2) is 5.60 Å². The minimum absolute atomic E-state index is 0.165. The third kappa shape index (κ3) is 3.94. The zero-order valence-corrected chi connectivity index (χ0v) is 26.6. The predicted octanol–water partition coefficient (Wildman–Crippen LogP) is 9.79. The van der Waals surface area contributed by atoms with Gasteiger partial charge in [0.1, 0.15) is 5.75 Å². The number of anilines is 1. The van der Waals surface area contributed by atoms with Crippen molar-refractivity contribution in [2.75, 3.05) is 31.2 Å². The van der Waals surface area contributed by atoms with Crippen LogP contribution in [0.4, 0.5) is 5.69 Å². The molecule has 9 rings (SSSR count). The fourth-order valence-electron chi connectivity index (χ4n) is 8.19. The van der Waals surface area contributed by atoms with Crippen LogP contribution in [0.1, 0.15) is 47.2 Å². The van der Waals surface area contributed by atoms with Crippen LogP contribution in [-0.2, 0) is 15.8 Å². The number of fused-ring (bicyclic) bond motifs is 9. The molecule has 6 aromatic carbocycles. The Morgan fingerprint density at radius 2 is 1.41 bits per heavy atom. The SMILES string of the molecule is Cc1ccc2c(c1)C(C)(C)c1c3c(c4ccccc4c1-2)OC(c1ccc(N2CCOCC2)cc1)(c1ccc2ccccc2c1)C=C3. The Labute approximate surface area is 270 Å². The van der Waals surface area contributed by atoms with Crippen molar-refractivity contribution >= 4 is 33.3 Å². The molecule has 226 valence electrons. The number of benzene rings is 6. The summed E-state index contributed by atoms with van der Waals surface area (Å²) in [7, 11) is 0. The predicted molar refractivity (Wildman–Crippen MR) is 190 cm³/mol. The Balaban J connectivity index is 1.28. The highest BCUT2D eigenvalue weighted by atomic mass is 16.5. The van der Waals surface area contributed by atoms with E-state index < -0.39 is 5.60 Å². The number of hydrogen-bond acceptors (Lipinski definition) is 3. The van der Waals surface area contributed by atoms with Crippen LogP contribution in [0.25, 0.3) is 38.7 Å². The van der Waals surface area contributed by atoms with Crippen LogP contribution in [0.2, 0.25) is 0 Å². The van der Waals surface area contributed by atoms with Gasteiger partial charge in [-0.15, -0.1) is 0 Å². The quantitative estimate of drug-likeness (QED) is 0.202. The molecule has 2 aliphatic heterocycles. The lowest BCUT2D eigenvalue weighted by atomic mass is 9.76. The van der Waals surface area contributed by atoms with Crippen LogP contribution < -0.4 is 9.64 Å². The minimum atomic E-state index is -0.802. The van der Waals surface area contributed by atoms with E-state index in [-0.39, 0.29) is 5.41 Å². The number of ether oxygens (including phenoxy) is 2. The summed E-state index contributed by atoms with van der Waals surface area (Å²) in [5.74, 6) is 0.958. The first-order chi connectivity index (χ1) is 22.4. The van der Waals surface area contributed by atoms with Gasteiger partial charge >= 0.3 is 0 Å². The molecule has 0 bridgehead atoms. The number of hydrogen-bond donors (Lipinski definition) is 0. The highest BCUT2D eigenvalue weighted by Gasteiger charge is 2.44. The maximum absolute atomic E-state index is 7.56. The lowest BCUT2D eigenvalue weighted by molar-refractivity contribution is 0.122. The molecule has 3 aliphatic rings. The van der Waals surface area contributed by atoms with Crippen molar-refractivity contribution in [3.05, 3.63) is 149 Å². The second-order valence-electron chi connectivity index (χ2n) is 13.6. The van der Waals surface area contributed by atoms with Crippen LogP contribution in [0.3, 0.4) is 0 Å². The molecule has 2 heterocycles. The number of aryl methyl sites for hydroxylation is 1. The van der Waals surface area contributed by atoms with Gasteiger partial charge in [-0.25, -0.2) is 0 Å². The van der Waals surface area contributed by atoms with Gasteiger partial charge < -0.3 is 14.4 Å². The number of nitrogens with zero attached hydrogens (tertiary/aromatic N) is 1. The van der Waals surface area contributed by atoms with Crippen molar-refractivity contribution in [3.63, 3.8) is 0 Å². The van der Waals surface area contributed by atoms with Crippen molar-refractivity contribution in [3.8, 4) is 16.9 Å². The zero-order valence-electron chi connectivity index (χ0n) is 26.6. The summed E-state index contributed by atoms with van der Waals surface area (Å²) in [6.07, 6.45) is 4.66. The highest BCUT2D eigenvalue weighted by molar-refractivity contribution is 6.08. The van der Waals surface area contributed by atoms with Gasteiger partial charge in [-0.05, 0) is 69.6 Å². The molecule has 0 amide bonds. The second-order valence-corrected chi connectivity index (χ2v) is 13.6. The molecule has 0 radical (unpaired) electrons. The van der Waals surface area contributed by atoms with Gasteiger partial charge in [0.05, 0.1) is 13.2 Å². The smallest absolute Gasteiger partial charge is 0.178 e. The molecule has 3 heteroatoms. The Kier molecular flexibility index (Phi) is 6.01. The monoisotopic (exact) mass is 599 g/mol. The molecular weight excluding hydrogens is 562 g/mol. The largest absolute Gasteiger partial charge is 0.472 e. The first-order valence-corrected chi connectivity index (χ1v) is 16.5. The molecule has 0 N–H and O–H groups in total. The highest BCUT2D eigenvalue weighted by Crippen LogP contribution is 2.58. The third-order valence-corrected chi connectivity index (χ3v) is 10.5. The van der Waals surface area contributed by atoms with Crippen LogP contribution in [-0.4, -0.2) is 26.3 Å². The van der Waals surface area contributed by atoms with E-state index in [0.717, 1.165) is 48.6 Å². The van der Waals surface area contributed by atoms with E-state index in [1.165, 1.54) is 55.2 Å². The summed E-state index contributed by atoms with van der Waals surface area (Å²) in [5.41, 5.74) is 10.4. The van der Waals surface area contributed by atoms with Gasteiger partial charge in [-0.1, -0.05) is 116 Å². The molecule has 0 spiro atoms. The summed E-state index contributed by atoms with van der Waals surface area (Å²) in [4.78, 5) is 2.40. The normalized spacial score (nSPS) is 19.5. The van der Waals surface area contributed by atoms with E-state index >= 15 is 0 Å². The Morgan fingerprint density at radius 1 is 0.696 bits per heavy atom. The number of morpholine rings is 1. The topological polar surface area (TPSA) is 21.7 Å². The standard InChI is InChI=1S/C43H37NO2/c1-28-12-19-36-38(26-28)42(2,3)40-37-20-21-43(32-14-13-29-8-4-5-9-30(29)27-32,46-41(37)35-11-7-6-10-34(35)39(36)40)31-15-17-33(18-16-31)44-22-24-45-25-23-44/h4-21,26-27H,22-25H2,1-3H3. The molecule has 1 fully saturated rings. The molecule has 1 atom stereocenters. The average molecular weight is 600 g/mol. The summed E-state index contributed by atoms with van der Waals surface area (Å²) < 4.78 is 13.2. The average Bonchev–Trinajstić information content (AvgIpc) is 3.34. The van der Waals surface area contributed by atoms with E-state index in [9.17, 15) is 0 Å². The van der Waals surface area contributed by atoms with Crippen LogP contribution in [0, 0.1) is 6.92 Å². The lowest BCUT2D eigenvalue weighted by Crippen LogP contribution is -2.37. The maximum atomic E-state index is 7.56. The fraction of sp³-hybridized carbons (Fsp3) is 0.209. The molecular formula is C43H37NO2. The molecule has 46 heavy (non-hydrogen) atoms. The molecule has 1 aliphatic carbocycles. The molecule has 1 saturated heterocycles. The van der Waals surface area contributed by atoms with Crippen molar-refractivity contribution in [1.82, 2.24) is 0 Å². The summed E-state index contributed by atoms with van der Waals surface area (Å²) in [6, 6.07) is 40.1. The Morgan fingerprint density at radius 3 is 2.22 bits per heavy atom. The molecule has 1 unspecified atom stereocenters. The summed E-state index contributed by atoms with van der Waals surface area (Å²) in [5, 5.41) is 4.83. The van der Waals surface area contributed by atoms with Crippen LogP contribution >= 0.6 is 0 Å². The van der Waals surface area contributed by atoms with Gasteiger partial charge in [0.2, 0.25) is 0 Å². The van der Waals surface area contributed by atoms with E-state index in [4.69, 9.17) is 9.47 Å². The summed E-state index contributed by atoms with van der Waals surface area (Å²) >= 11 is 0. The van der Waals surface area contributed by atoms with Crippen molar-refractivity contribution in [2.45, 2.75) is 31.8 Å². The van der Waals surface area contributed by atoms with Crippen molar-refractivity contribution in [1.29, 1.82) is 0 Å².